The van der Waals surface area contributed by atoms with Gasteiger partial charge in [-0.1, -0.05) is 6.07 Å². The molecule has 2 heterocycles. The topological polar surface area (TPSA) is 60.0 Å². The van der Waals surface area contributed by atoms with E-state index in [1.165, 1.54) is 0 Å². The van der Waals surface area contributed by atoms with E-state index >= 15 is 0 Å². The molecule has 132 valence electrons. The average Bonchev–Trinajstić information content (AvgIpc) is 3.04. The molecule has 1 aromatic rings. The van der Waals surface area contributed by atoms with Crippen LogP contribution in [-0.4, -0.2) is 56.6 Å². The minimum Gasteiger partial charge on any atom is -0.495 e. The lowest BCUT2D eigenvalue weighted by Gasteiger charge is -2.37. The number of carbonyl (C=O) groups is 1. The Balaban J connectivity index is 1.45. The molecule has 0 atom stereocenters. The van der Waals surface area contributed by atoms with E-state index in [4.69, 9.17) is 14.2 Å². The number of hydrogen-bond acceptors (Lipinski definition) is 5. The van der Waals surface area contributed by atoms with Crippen LogP contribution in [-0.2, 0) is 14.3 Å². The number of nitrogens with zero attached hydrogens (tertiary/aromatic N) is 1. The number of carbonyl (C=O) groups excluding carboxylic acids is 1. The maximum absolute atomic E-state index is 12.4. The van der Waals surface area contributed by atoms with Crippen molar-refractivity contribution in [2.24, 2.45) is 0 Å². The van der Waals surface area contributed by atoms with E-state index in [9.17, 15) is 4.79 Å². The summed E-state index contributed by atoms with van der Waals surface area (Å²) in [5, 5.41) is 3.30. The Morgan fingerprint density at radius 3 is 2.67 bits per heavy atom. The summed E-state index contributed by atoms with van der Waals surface area (Å²) < 4.78 is 16.7. The summed E-state index contributed by atoms with van der Waals surface area (Å²) >= 11 is 0. The third-order valence-electron chi connectivity index (χ3n) is 4.70. The number of ether oxygens (including phenoxy) is 3. The van der Waals surface area contributed by atoms with Gasteiger partial charge in [0.05, 0.1) is 26.0 Å². The Morgan fingerprint density at radius 2 is 2.00 bits per heavy atom. The molecule has 0 bridgehead atoms. The molecule has 0 aliphatic carbocycles. The second-order valence-electron chi connectivity index (χ2n) is 6.37. The van der Waals surface area contributed by atoms with E-state index in [1.807, 2.05) is 30.0 Å². The number of aryl methyl sites for hydroxylation is 1. The molecule has 1 N–H and O–H groups in total. The minimum absolute atomic E-state index is 0.168. The zero-order chi connectivity index (χ0) is 17.0. The van der Waals surface area contributed by atoms with Crippen molar-refractivity contribution < 1.29 is 19.0 Å². The van der Waals surface area contributed by atoms with Gasteiger partial charge in [0.25, 0.3) is 0 Å². The third kappa shape index (κ3) is 3.82. The zero-order valence-electron chi connectivity index (χ0n) is 14.5. The summed E-state index contributed by atoms with van der Waals surface area (Å²) in [7, 11) is 1.65. The molecule has 3 rings (SSSR count). The van der Waals surface area contributed by atoms with Gasteiger partial charge in [0.2, 0.25) is 5.91 Å². The van der Waals surface area contributed by atoms with E-state index in [1.54, 1.807) is 7.11 Å². The highest BCUT2D eigenvalue weighted by atomic mass is 16.7. The van der Waals surface area contributed by atoms with Crippen LogP contribution in [0, 0.1) is 6.92 Å². The van der Waals surface area contributed by atoms with Crippen molar-refractivity contribution in [1.29, 1.82) is 0 Å². The van der Waals surface area contributed by atoms with Crippen molar-refractivity contribution in [2.75, 3.05) is 45.3 Å². The van der Waals surface area contributed by atoms with Gasteiger partial charge in [-0.2, -0.15) is 0 Å². The minimum atomic E-state index is -0.427. The molecule has 2 aliphatic heterocycles. The maximum atomic E-state index is 12.4. The first-order chi connectivity index (χ1) is 11.6. The van der Waals surface area contributed by atoms with E-state index in [-0.39, 0.29) is 5.91 Å². The molecule has 1 spiro atoms. The first-order valence-corrected chi connectivity index (χ1v) is 8.56. The standard InChI is InChI=1S/C18H26N2O4/c1-14-3-4-16(22-2)15(13-14)19-8-5-17(21)20-9-6-18(7-10-20)23-11-12-24-18/h3-4,13,19H,5-12H2,1-2H3. The van der Waals surface area contributed by atoms with Crippen LogP contribution in [0.15, 0.2) is 18.2 Å². The predicted octanol–water partition coefficient (Wildman–Crippen LogP) is 2.17. The summed E-state index contributed by atoms with van der Waals surface area (Å²) in [5.41, 5.74) is 2.08. The van der Waals surface area contributed by atoms with Crippen molar-refractivity contribution in [3.63, 3.8) is 0 Å². The predicted molar refractivity (Wildman–Crippen MR) is 91.3 cm³/mol. The first-order valence-electron chi connectivity index (χ1n) is 8.56. The fraction of sp³-hybridized carbons (Fsp3) is 0.611. The van der Waals surface area contributed by atoms with Gasteiger partial charge in [-0.15, -0.1) is 0 Å². The largest absolute Gasteiger partial charge is 0.495 e. The molecule has 0 saturated carbocycles. The number of hydrogen-bond donors (Lipinski definition) is 1. The number of amides is 1. The van der Waals surface area contributed by atoms with Crippen LogP contribution in [0.1, 0.15) is 24.8 Å². The van der Waals surface area contributed by atoms with Crippen molar-refractivity contribution in [2.45, 2.75) is 32.0 Å². The Morgan fingerprint density at radius 1 is 1.29 bits per heavy atom. The van der Waals surface area contributed by atoms with Gasteiger partial charge in [0.1, 0.15) is 5.75 Å². The molecule has 6 heteroatoms. The van der Waals surface area contributed by atoms with Gasteiger partial charge in [0.15, 0.2) is 5.79 Å². The van der Waals surface area contributed by atoms with Gasteiger partial charge in [-0.25, -0.2) is 0 Å². The Kier molecular flexibility index (Phi) is 5.26. The third-order valence-corrected chi connectivity index (χ3v) is 4.70. The molecule has 0 aromatic heterocycles. The average molecular weight is 334 g/mol. The van der Waals surface area contributed by atoms with Crippen LogP contribution in [0.3, 0.4) is 0 Å². The Hall–Kier alpha value is -1.79. The normalized spacial score (nSPS) is 19.5. The van der Waals surface area contributed by atoms with E-state index in [0.717, 1.165) is 29.8 Å². The van der Waals surface area contributed by atoms with Gasteiger partial charge in [0, 0.05) is 38.9 Å². The fourth-order valence-electron chi connectivity index (χ4n) is 3.30. The zero-order valence-corrected chi connectivity index (χ0v) is 14.5. The smallest absolute Gasteiger partial charge is 0.224 e. The first kappa shape index (κ1) is 17.0. The molecule has 6 nitrogen and oxygen atoms in total. The van der Waals surface area contributed by atoms with E-state index in [0.29, 0.717) is 39.3 Å². The lowest BCUT2D eigenvalue weighted by Crippen LogP contribution is -2.47. The lowest BCUT2D eigenvalue weighted by atomic mass is 10.0. The molecule has 24 heavy (non-hydrogen) atoms. The highest BCUT2D eigenvalue weighted by molar-refractivity contribution is 5.77. The summed E-state index contributed by atoms with van der Waals surface area (Å²) in [4.78, 5) is 14.3. The quantitative estimate of drug-likeness (QED) is 0.894. The fourth-order valence-corrected chi connectivity index (χ4v) is 3.30. The lowest BCUT2D eigenvalue weighted by molar-refractivity contribution is -0.187. The SMILES string of the molecule is COc1ccc(C)cc1NCCC(=O)N1CCC2(CC1)OCCO2. The van der Waals surface area contributed by atoms with Gasteiger partial charge in [-0.05, 0) is 24.6 Å². The van der Waals surface area contributed by atoms with Crippen molar-refractivity contribution in [3.8, 4) is 5.75 Å². The molecule has 0 radical (unpaired) electrons. The molecule has 2 fully saturated rings. The number of benzene rings is 1. The summed E-state index contributed by atoms with van der Waals surface area (Å²) in [5.74, 6) is 0.537. The highest BCUT2D eigenvalue weighted by Crippen LogP contribution is 2.31. The molecule has 1 aromatic carbocycles. The summed E-state index contributed by atoms with van der Waals surface area (Å²) in [6, 6.07) is 5.97. The number of rotatable bonds is 5. The second-order valence-corrected chi connectivity index (χ2v) is 6.37. The summed E-state index contributed by atoms with van der Waals surface area (Å²) in [6.45, 7) is 5.35. The number of nitrogens with one attached hydrogen (secondary N) is 1. The van der Waals surface area contributed by atoms with Crippen LogP contribution < -0.4 is 10.1 Å². The second kappa shape index (κ2) is 7.40. The van der Waals surface area contributed by atoms with Crippen LogP contribution in [0.4, 0.5) is 5.69 Å². The number of methoxy groups -OCH3 is 1. The van der Waals surface area contributed by atoms with Crippen LogP contribution in [0.25, 0.3) is 0 Å². The van der Waals surface area contributed by atoms with Crippen LogP contribution >= 0.6 is 0 Å². The van der Waals surface area contributed by atoms with Crippen molar-refractivity contribution in [1.82, 2.24) is 4.90 Å². The van der Waals surface area contributed by atoms with Crippen molar-refractivity contribution >= 4 is 11.6 Å². The van der Waals surface area contributed by atoms with Gasteiger partial charge >= 0.3 is 0 Å². The number of piperidine rings is 1. The van der Waals surface area contributed by atoms with Crippen molar-refractivity contribution in [3.05, 3.63) is 23.8 Å². The summed E-state index contributed by atoms with van der Waals surface area (Å²) in [6.07, 6.45) is 1.99. The van der Waals surface area contributed by atoms with Gasteiger partial charge in [-0.3, -0.25) is 4.79 Å². The maximum Gasteiger partial charge on any atom is 0.224 e. The molecule has 2 saturated heterocycles. The molecule has 1 amide bonds. The number of likely N-dealkylation sites (tertiary alicyclic amines) is 1. The molecular weight excluding hydrogens is 308 g/mol. The molecular formula is C18H26N2O4. The van der Waals surface area contributed by atoms with E-state index < -0.39 is 5.79 Å². The molecule has 2 aliphatic rings. The number of anilines is 1. The van der Waals surface area contributed by atoms with Crippen LogP contribution in [0.2, 0.25) is 0 Å². The monoisotopic (exact) mass is 334 g/mol. The van der Waals surface area contributed by atoms with Gasteiger partial charge < -0.3 is 24.4 Å². The van der Waals surface area contributed by atoms with Crippen LogP contribution in [0.5, 0.6) is 5.75 Å². The molecule has 0 unspecified atom stereocenters. The Bertz CT molecular complexity index is 574. The Labute approximate surface area is 143 Å². The highest BCUT2D eigenvalue weighted by Gasteiger charge is 2.40. The van der Waals surface area contributed by atoms with E-state index in [2.05, 4.69) is 5.32 Å².